The summed E-state index contributed by atoms with van der Waals surface area (Å²) in [6.07, 6.45) is -5.53. The van der Waals surface area contributed by atoms with Gasteiger partial charge < -0.3 is 24.4 Å². The molecular weight excluding hydrogens is 548 g/mol. The second kappa shape index (κ2) is 10.7. The van der Waals surface area contributed by atoms with Crippen molar-refractivity contribution >= 4 is 17.6 Å². The number of halogens is 4. The number of allylic oxidation sites excluding steroid dienone is 1. The van der Waals surface area contributed by atoms with E-state index in [2.05, 4.69) is 0 Å². The average molecular weight is 579 g/mol. The smallest absolute Gasteiger partial charge is 0.425 e. The number of amides is 2. The van der Waals surface area contributed by atoms with Gasteiger partial charge in [-0.25, -0.2) is 4.39 Å². The minimum absolute atomic E-state index is 0.00110. The van der Waals surface area contributed by atoms with Crippen LogP contribution in [0.4, 0.5) is 17.6 Å². The van der Waals surface area contributed by atoms with E-state index in [-0.39, 0.29) is 54.3 Å². The highest BCUT2D eigenvalue weighted by atomic mass is 19.4. The molecule has 0 saturated carbocycles. The maximum Gasteiger partial charge on any atom is 0.425 e. The van der Waals surface area contributed by atoms with Gasteiger partial charge in [0.25, 0.3) is 11.8 Å². The van der Waals surface area contributed by atoms with Crippen molar-refractivity contribution < 1.29 is 46.2 Å². The van der Waals surface area contributed by atoms with Crippen molar-refractivity contribution in [2.45, 2.75) is 44.8 Å². The summed E-state index contributed by atoms with van der Waals surface area (Å²) in [4.78, 5) is 41.6. The minimum atomic E-state index is -5.37. The molecule has 12 heteroatoms. The molecule has 8 nitrogen and oxygen atoms in total. The largest absolute Gasteiger partial charge is 0.493 e. The van der Waals surface area contributed by atoms with Crippen LogP contribution in [0, 0.1) is 11.2 Å². The molecule has 220 valence electrons. The zero-order valence-electron chi connectivity index (χ0n) is 23.2. The Labute approximate surface area is 234 Å². The lowest BCUT2D eigenvalue weighted by Gasteiger charge is -2.35. The van der Waals surface area contributed by atoms with Gasteiger partial charge in [-0.05, 0) is 48.1 Å². The molecule has 1 atom stereocenters. The predicted octanol–water partition coefficient (Wildman–Crippen LogP) is 4.61. The minimum Gasteiger partial charge on any atom is -0.493 e. The van der Waals surface area contributed by atoms with E-state index >= 15 is 13.2 Å². The van der Waals surface area contributed by atoms with Crippen LogP contribution < -0.4 is 19.5 Å². The van der Waals surface area contributed by atoms with E-state index in [4.69, 9.17) is 14.2 Å². The Balaban J connectivity index is 1.82. The molecule has 4 rings (SSSR count). The zero-order valence-corrected chi connectivity index (χ0v) is 23.2. The lowest BCUT2D eigenvalue weighted by molar-refractivity contribution is -0.190. The molecule has 2 aliphatic rings. The third-order valence-corrected chi connectivity index (χ3v) is 7.31. The van der Waals surface area contributed by atoms with Crippen LogP contribution in [0.15, 0.2) is 47.7 Å². The summed E-state index contributed by atoms with van der Waals surface area (Å²) < 4.78 is 74.3. The number of ether oxygens (including phenoxy) is 3. The number of carbonyl (C=O) groups excluding carboxylic acids is 3. The maximum absolute atomic E-state index is 15.1. The normalized spacial score (nSPS) is 20.2. The van der Waals surface area contributed by atoms with E-state index in [9.17, 15) is 18.8 Å². The molecule has 1 aliphatic carbocycles. The fourth-order valence-corrected chi connectivity index (χ4v) is 5.41. The lowest BCUT2D eigenvalue weighted by atomic mass is 9.72. The third kappa shape index (κ3) is 5.22. The molecule has 0 spiro atoms. The number of methoxy groups -OCH3 is 3. The van der Waals surface area contributed by atoms with Crippen LogP contribution in [0.3, 0.4) is 0 Å². The number of rotatable bonds is 8. The molecule has 1 unspecified atom stereocenters. The topological polar surface area (TPSA) is 94.2 Å². The van der Waals surface area contributed by atoms with Crippen LogP contribution in [0.2, 0.25) is 0 Å². The van der Waals surface area contributed by atoms with Gasteiger partial charge in [-0.1, -0.05) is 26.0 Å². The Morgan fingerprint density at radius 1 is 0.976 bits per heavy atom. The number of nitrogens with zero attached hydrogens (tertiary/aromatic N) is 1. The Bertz CT molecular complexity index is 1390. The SMILES string of the molecule is COc1cc(C(=O)NC2(C(F)(F)F)C(=O)N(CCc3ccc(F)cc3)C3=C2C(=O)CC(C)(C)C3)cc(OC)c1OC. The number of Topliss-reactive ketones (excluding diaryl/α,β-unsaturated/α-hetero) is 1. The van der Waals surface area contributed by atoms with E-state index in [1.54, 1.807) is 13.8 Å². The fraction of sp³-hybridized carbons (Fsp3) is 0.414. The summed E-state index contributed by atoms with van der Waals surface area (Å²) in [5, 5.41) is 1.90. The average Bonchev–Trinajstić information content (AvgIpc) is 3.14. The Morgan fingerprint density at radius 3 is 2.07 bits per heavy atom. The number of carbonyl (C=O) groups is 3. The first-order chi connectivity index (χ1) is 19.2. The molecule has 1 heterocycles. The predicted molar refractivity (Wildman–Crippen MR) is 139 cm³/mol. The van der Waals surface area contributed by atoms with Gasteiger partial charge >= 0.3 is 6.18 Å². The summed E-state index contributed by atoms with van der Waals surface area (Å²) in [5.41, 5.74) is -4.95. The van der Waals surface area contributed by atoms with Crippen molar-refractivity contribution in [1.82, 2.24) is 10.2 Å². The molecule has 0 aromatic heterocycles. The van der Waals surface area contributed by atoms with E-state index in [1.165, 1.54) is 45.6 Å². The van der Waals surface area contributed by atoms with Crippen molar-refractivity contribution in [2.75, 3.05) is 27.9 Å². The Kier molecular flexibility index (Phi) is 7.81. The van der Waals surface area contributed by atoms with Crippen molar-refractivity contribution in [3.63, 3.8) is 0 Å². The van der Waals surface area contributed by atoms with Gasteiger partial charge in [0.15, 0.2) is 17.3 Å². The van der Waals surface area contributed by atoms with E-state index in [0.29, 0.717) is 5.56 Å². The number of ketones is 1. The molecule has 41 heavy (non-hydrogen) atoms. The first kappa shape index (κ1) is 29.9. The first-order valence-corrected chi connectivity index (χ1v) is 12.7. The standard InChI is InChI=1S/C29H30F4N2O6/c1-27(2)14-19-23(20(36)15-27)28(29(31,32)33,26(38)35(19)11-10-16-6-8-18(30)9-7-16)34-25(37)17-12-21(39-3)24(41-5)22(13-17)40-4/h6-9,12-13H,10-11,14-15H2,1-5H3,(H,34,37). The summed E-state index contributed by atoms with van der Waals surface area (Å²) in [6, 6.07) is 7.63. The second-order valence-electron chi connectivity index (χ2n) is 10.7. The van der Waals surface area contributed by atoms with Crippen LogP contribution >= 0.6 is 0 Å². The molecule has 0 saturated heterocycles. The highest BCUT2D eigenvalue weighted by Gasteiger charge is 2.71. The van der Waals surface area contributed by atoms with E-state index in [0.717, 1.165) is 17.0 Å². The number of hydrogen-bond donors (Lipinski definition) is 1. The van der Waals surface area contributed by atoms with E-state index in [1.807, 2.05) is 5.32 Å². The number of hydrogen-bond acceptors (Lipinski definition) is 6. The summed E-state index contributed by atoms with van der Waals surface area (Å²) in [6.45, 7) is 3.23. The molecule has 1 N–H and O–H groups in total. The molecule has 0 radical (unpaired) electrons. The van der Waals surface area contributed by atoms with Crippen molar-refractivity contribution in [1.29, 1.82) is 0 Å². The quantitative estimate of drug-likeness (QED) is 0.460. The van der Waals surface area contributed by atoms with Gasteiger partial charge in [-0.3, -0.25) is 14.4 Å². The monoisotopic (exact) mass is 578 g/mol. The number of nitrogens with one attached hydrogen (secondary N) is 1. The summed E-state index contributed by atoms with van der Waals surface area (Å²) in [5.74, 6) is -4.00. The van der Waals surface area contributed by atoms with Gasteiger partial charge in [-0.2, -0.15) is 13.2 Å². The van der Waals surface area contributed by atoms with Gasteiger partial charge in [0, 0.05) is 24.2 Å². The maximum atomic E-state index is 15.1. The lowest BCUT2D eigenvalue weighted by Crippen LogP contribution is -2.66. The van der Waals surface area contributed by atoms with Crippen molar-refractivity contribution in [2.24, 2.45) is 5.41 Å². The van der Waals surface area contributed by atoms with Crippen LogP contribution in [0.1, 0.15) is 42.6 Å². The van der Waals surface area contributed by atoms with Gasteiger partial charge in [0.2, 0.25) is 11.3 Å². The van der Waals surface area contributed by atoms with Crippen LogP contribution in [-0.2, 0) is 16.0 Å². The molecule has 2 aromatic rings. The van der Waals surface area contributed by atoms with Crippen LogP contribution in [0.5, 0.6) is 17.2 Å². The highest BCUT2D eigenvalue weighted by Crippen LogP contribution is 2.52. The number of benzene rings is 2. The highest BCUT2D eigenvalue weighted by molar-refractivity contribution is 6.14. The molecule has 1 aliphatic heterocycles. The molecule has 2 aromatic carbocycles. The second-order valence-corrected chi connectivity index (χ2v) is 10.7. The van der Waals surface area contributed by atoms with Crippen molar-refractivity contribution in [3.8, 4) is 17.2 Å². The van der Waals surface area contributed by atoms with E-state index < -0.39 is 46.1 Å². The summed E-state index contributed by atoms with van der Waals surface area (Å²) >= 11 is 0. The Hall–Kier alpha value is -4.09. The molecule has 2 amide bonds. The van der Waals surface area contributed by atoms with Gasteiger partial charge in [-0.15, -0.1) is 0 Å². The zero-order chi connectivity index (χ0) is 30.3. The molecule has 0 fully saturated rings. The van der Waals surface area contributed by atoms with Crippen molar-refractivity contribution in [3.05, 3.63) is 64.6 Å². The first-order valence-electron chi connectivity index (χ1n) is 12.7. The molecule has 0 bridgehead atoms. The summed E-state index contributed by atoms with van der Waals surface area (Å²) in [7, 11) is 3.87. The van der Waals surface area contributed by atoms with Crippen LogP contribution in [0.25, 0.3) is 0 Å². The fourth-order valence-electron chi connectivity index (χ4n) is 5.41. The van der Waals surface area contributed by atoms with Gasteiger partial charge in [0.1, 0.15) is 5.82 Å². The third-order valence-electron chi connectivity index (χ3n) is 7.31. The van der Waals surface area contributed by atoms with Gasteiger partial charge in [0.05, 0.1) is 26.9 Å². The Morgan fingerprint density at radius 2 is 1.56 bits per heavy atom. The molecular formula is C29H30F4N2O6. The van der Waals surface area contributed by atoms with Crippen LogP contribution in [-0.4, -0.2) is 62.1 Å². The number of alkyl halides is 3.